The van der Waals surface area contributed by atoms with Crippen LogP contribution in [0.1, 0.15) is 30.6 Å². The summed E-state index contributed by atoms with van der Waals surface area (Å²) in [5.41, 5.74) is 5.76. The van der Waals surface area contributed by atoms with Crippen molar-refractivity contribution >= 4 is 17.5 Å². The Morgan fingerprint density at radius 1 is 1.63 bits per heavy atom. The van der Waals surface area contributed by atoms with E-state index in [0.717, 1.165) is 0 Å². The lowest BCUT2D eigenvalue weighted by molar-refractivity contribution is 0.0698. The number of carbonyl (C=O) groups is 1. The van der Waals surface area contributed by atoms with E-state index in [-0.39, 0.29) is 11.3 Å². The summed E-state index contributed by atoms with van der Waals surface area (Å²) >= 11 is 0. The van der Waals surface area contributed by atoms with Gasteiger partial charge >= 0.3 is 5.97 Å². The highest BCUT2D eigenvalue weighted by atomic mass is 16.4. The fourth-order valence-electron chi connectivity index (χ4n) is 1.74. The van der Waals surface area contributed by atoms with E-state index in [9.17, 15) is 4.79 Å². The molecule has 1 aromatic rings. The highest BCUT2D eigenvalue weighted by Gasteiger charge is 2.14. The van der Waals surface area contributed by atoms with Crippen molar-refractivity contribution in [2.45, 2.75) is 20.3 Å². The Bertz CT molecular complexity index is 494. The molecule has 102 valence electrons. The Kier molecular flexibility index (Phi) is 5.12. The number of nitrogen functional groups attached to an aromatic ring is 1. The van der Waals surface area contributed by atoms with Crippen molar-refractivity contribution in [1.29, 1.82) is 5.26 Å². The Morgan fingerprint density at radius 3 is 2.84 bits per heavy atom. The van der Waals surface area contributed by atoms with Crippen LogP contribution in [-0.2, 0) is 0 Å². The standard InChI is InChI=1S/C13H18N4O2/c1-9(2)8-17(5-3-4-14)12-6-10(13(18)19)11(15)7-16-12/h6-7,9H,3,5,8,15H2,1-2H3,(H,18,19). The molecule has 0 spiro atoms. The van der Waals surface area contributed by atoms with Gasteiger partial charge in [0.15, 0.2) is 0 Å². The van der Waals surface area contributed by atoms with Crippen molar-refractivity contribution in [1.82, 2.24) is 4.98 Å². The Hall–Kier alpha value is -2.29. The van der Waals surface area contributed by atoms with E-state index in [1.165, 1.54) is 12.3 Å². The summed E-state index contributed by atoms with van der Waals surface area (Å²) in [6.07, 6.45) is 1.71. The molecule has 0 bridgehead atoms. The van der Waals surface area contributed by atoms with Crippen LogP contribution in [0.4, 0.5) is 11.5 Å². The molecule has 0 fully saturated rings. The Balaban J connectivity index is 3.04. The van der Waals surface area contributed by atoms with Gasteiger partial charge in [-0.3, -0.25) is 0 Å². The van der Waals surface area contributed by atoms with E-state index >= 15 is 0 Å². The van der Waals surface area contributed by atoms with Crippen molar-refractivity contribution in [3.8, 4) is 6.07 Å². The van der Waals surface area contributed by atoms with Crippen LogP contribution in [-0.4, -0.2) is 29.1 Å². The van der Waals surface area contributed by atoms with Crippen LogP contribution in [0.3, 0.4) is 0 Å². The first-order valence-electron chi connectivity index (χ1n) is 6.06. The maximum Gasteiger partial charge on any atom is 0.337 e. The smallest absolute Gasteiger partial charge is 0.337 e. The van der Waals surface area contributed by atoms with Crippen LogP contribution in [0.15, 0.2) is 12.3 Å². The molecule has 3 N–H and O–H groups in total. The molecule has 1 heterocycles. The summed E-state index contributed by atoms with van der Waals surface area (Å²) in [6, 6.07) is 3.54. The molecule has 0 atom stereocenters. The average molecular weight is 262 g/mol. The summed E-state index contributed by atoms with van der Waals surface area (Å²) < 4.78 is 0. The number of hydrogen-bond acceptors (Lipinski definition) is 5. The minimum atomic E-state index is -1.08. The fraction of sp³-hybridized carbons (Fsp3) is 0.462. The number of aromatic nitrogens is 1. The monoisotopic (exact) mass is 262 g/mol. The molecule has 6 heteroatoms. The van der Waals surface area contributed by atoms with Gasteiger partial charge in [-0.05, 0) is 12.0 Å². The van der Waals surface area contributed by atoms with Crippen LogP contribution in [0.2, 0.25) is 0 Å². The van der Waals surface area contributed by atoms with E-state index < -0.39 is 5.97 Å². The predicted molar refractivity (Wildman–Crippen MR) is 72.9 cm³/mol. The van der Waals surface area contributed by atoms with Gasteiger partial charge in [0, 0.05) is 13.1 Å². The molecule has 0 amide bonds. The van der Waals surface area contributed by atoms with E-state index in [0.29, 0.717) is 31.2 Å². The van der Waals surface area contributed by atoms with Gasteiger partial charge in [0.25, 0.3) is 0 Å². The summed E-state index contributed by atoms with van der Waals surface area (Å²) in [6.45, 7) is 5.33. The third kappa shape index (κ3) is 4.14. The molecule has 6 nitrogen and oxygen atoms in total. The van der Waals surface area contributed by atoms with Crippen LogP contribution >= 0.6 is 0 Å². The first-order valence-corrected chi connectivity index (χ1v) is 6.06. The van der Waals surface area contributed by atoms with Crippen LogP contribution in [0.5, 0.6) is 0 Å². The number of pyridine rings is 1. The van der Waals surface area contributed by atoms with Crippen molar-refractivity contribution in [2.24, 2.45) is 5.92 Å². The fourth-order valence-corrected chi connectivity index (χ4v) is 1.74. The van der Waals surface area contributed by atoms with E-state index in [1.807, 2.05) is 4.90 Å². The van der Waals surface area contributed by atoms with Gasteiger partial charge < -0.3 is 15.7 Å². The number of hydrogen-bond donors (Lipinski definition) is 2. The molecule has 0 aromatic carbocycles. The lowest BCUT2D eigenvalue weighted by Crippen LogP contribution is -2.29. The Morgan fingerprint density at radius 2 is 2.32 bits per heavy atom. The van der Waals surface area contributed by atoms with Gasteiger partial charge in [-0.1, -0.05) is 13.8 Å². The zero-order valence-corrected chi connectivity index (χ0v) is 11.1. The number of anilines is 2. The lowest BCUT2D eigenvalue weighted by atomic mass is 10.1. The summed E-state index contributed by atoms with van der Waals surface area (Å²) in [7, 11) is 0. The quantitative estimate of drug-likeness (QED) is 0.809. The van der Waals surface area contributed by atoms with Gasteiger partial charge in [0.1, 0.15) is 5.82 Å². The maximum atomic E-state index is 11.1. The van der Waals surface area contributed by atoms with Crippen LogP contribution in [0, 0.1) is 17.2 Å². The SMILES string of the molecule is CC(C)CN(CCC#N)c1cc(C(=O)O)c(N)cn1. The molecule has 0 saturated heterocycles. The molecule has 0 aliphatic heterocycles. The van der Waals surface area contributed by atoms with Crippen LogP contribution in [0.25, 0.3) is 0 Å². The third-order valence-electron chi connectivity index (χ3n) is 2.55. The molecule has 0 saturated carbocycles. The second-order valence-electron chi connectivity index (χ2n) is 4.68. The van der Waals surface area contributed by atoms with Gasteiger partial charge in [-0.2, -0.15) is 5.26 Å². The molecular weight excluding hydrogens is 244 g/mol. The average Bonchev–Trinajstić information content (AvgIpc) is 2.34. The van der Waals surface area contributed by atoms with Crippen molar-refractivity contribution in [2.75, 3.05) is 23.7 Å². The van der Waals surface area contributed by atoms with Gasteiger partial charge in [0.05, 0.1) is 29.9 Å². The lowest BCUT2D eigenvalue weighted by Gasteiger charge is -2.25. The Labute approximate surface area is 112 Å². The molecule has 19 heavy (non-hydrogen) atoms. The van der Waals surface area contributed by atoms with Gasteiger partial charge in [-0.25, -0.2) is 9.78 Å². The molecule has 0 aliphatic rings. The molecule has 1 aromatic heterocycles. The van der Waals surface area contributed by atoms with E-state index in [4.69, 9.17) is 16.1 Å². The zero-order chi connectivity index (χ0) is 14.4. The second-order valence-corrected chi connectivity index (χ2v) is 4.68. The van der Waals surface area contributed by atoms with Crippen LogP contribution < -0.4 is 10.6 Å². The van der Waals surface area contributed by atoms with Crippen molar-refractivity contribution in [3.63, 3.8) is 0 Å². The van der Waals surface area contributed by atoms with E-state index in [2.05, 4.69) is 24.9 Å². The molecule has 0 unspecified atom stereocenters. The number of nitrogens with zero attached hydrogens (tertiary/aromatic N) is 3. The first-order chi connectivity index (χ1) is 8.95. The minimum absolute atomic E-state index is 0.0377. The number of nitrogens with two attached hydrogens (primary N) is 1. The van der Waals surface area contributed by atoms with Crippen molar-refractivity contribution < 1.29 is 9.90 Å². The summed E-state index contributed by atoms with van der Waals surface area (Å²) in [5, 5.41) is 17.7. The minimum Gasteiger partial charge on any atom is -0.478 e. The second kappa shape index (κ2) is 6.59. The third-order valence-corrected chi connectivity index (χ3v) is 2.55. The molecule has 0 radical (unpaired) electrons. The zero-order valence-electron chi connectivity index (χ0n) is 11.1. The highest BCUT2D eigenvalue weighted by Crippen LogP contribution is 2.19. The largest absolute Gasteiger partial charge is 0.478 e. The molecule has 0 aliphatic carbocycles. The summed E-state index contributed by atoms with van der Waals surface area (Å²) in [5.74, 6) is -0.159. The summed E-state index contributed by atoms with van der Waals surface area (Å²) in [4.78, 5) is 17.1. The number of carboxylic acid groups (broad SMARTS) is 1. The number of aromatic carboxylic acids is 1. The predicted octanol–water partition coefficient (Wildman–Crippen LogP) is 1.74. The first kappa shape index (κ1) is 14.8. The topological polar surface area (TPSA) is 103 Å². The van der Waals surface area contributed by atoms with Gasteiger partial charge in [-0.15, -0.1) is 0 Å². The normalized spacial score (nSPS) is 10.2. The number of nitriles is 1. The van der Waals surface area contributed by atoms with Gasteiger partial charge in [0.2, 0.25) is 0 Å². The number of carboxylic acids is 1. The van der Waals surface area contributed by atoms with Crippen molar-refractivity contribution in [3.05, 3.63) is 17.8 Å². The van der Waals surface area contributed by atoms with E-state index in [1.54, 1.807) is 0 Å². The maximum absolute atomic E-state index is 11.1. The molecule has 1 rings (SSSR count). The highest BCUT2D eigenvalue weighted by molar-refractivity contribution is 5.94. The number of rotatable bonds is 6. The molecular formula is C13H18N4O2.